The largest absolute Gasteiger partial charge is 0.506 e. The molecule has 0 bridgehead atoms. The molecule has 20 heavy (non-hydrogen) atoms. The Morgan fingerprint density at radius 2 is 2.00 bits per heavy atom. The molecule has 0 fully saturated rings. The third-order valence-electron chi connectivity index (χ3n) is 3.26. The summed E-state index contributed by atoms with van der Waals surface area (Å²) in [6.45, 7) is 7.17. The van der Waals surface area contributed by atoms with Crippen molar-refractivity contribution in [2.75, 3.05) is 6.54 Å². The minimum Gasteiger partial charge on any atom is -0.506 e. The molecule has 0 spiro atoms. The van der Waals surface area contributed by atoms with Crippen molar-refractivity contribution in [2.45, 2.75) is 27.3 Å². The van der Waals surface area contributed by atoms with E-state index in [2.05, 4.69) is 10.4 Å². The van der Waals surface area contributed by atoms with Gasteiger partial charge in [-0.3, -0.25) is 4.79 Å². The predicted octanol–water partition coefficient (Wildman–Crippen LogP) is 1.66. The minimum atomic E-state index is -0.342. The molecule has 2 N–H and O–H groups in total. The lowest BCUT2D eigenvalue weighted by Crippen LogP contribution is -2.24. The number of benzene rings is 1. The first-order valence-electron chi connectivity index (χ1n) is 6.63. The number of rotatable bonds is 4. The molecule has 0 aliphatic carbocycles. The average molecular weight is 273 g/mol. The van der Waals surface area contributed by atoms with Gasteiger partial charge in [0.2, 0.25) is 0 Å². The molecule has 0 saturated heterocycles. The molecular formula is C15H19N3O2. The summed E-state index contributed by atoms with van der Waals surface area (Å²) in [4.78, 5) is 12.0. The predicted molar refractivity (Wildman–Crippen MR) is 78.4 cm³/mol. The second-order valence-corrected chi connectivity index (χ2v) is 4.78. The molecule has 0 aliphatic rings. The van der Waals surface area contributed by atoms with Crippen LogP contribution in [-0.2, 0) is 6.54 Å². The van der Waals surface area contributed by atoms with Gasteiger partial charge in [0.1, 0.15) is 11.4 Å². The third kappa shape index (κ3) is 2.88. The van der Waals surface area contributed by atoms with Gasteiger partial charge in [0.05, 0.1) is 5.69 Å². The first-order chi connectivity index (χ1) is 9.52. The first kappa shape index (κ1) is 14.3. The lowest BCUT2D eigenvalue weighted by molar-refractivity contribution is 0.452. The Hall–Kier alpha value is -2.14. The van der Waals surface area contributed by atoms with Gasteiger partial charge >= 0.3 is 0 Å². The minimum absolute atomic E-state index is 0.0731. The molecule has 0 radical (unpaired) electrons. The van der Waals surface area contributed by atoms with Crippen molar-refractivity contribution in [3.05, 3.63) is 51.4 Å². The molecule has 1 aromatic heterocycles. The monoisotopic (exact) mass is 273 g/mol. The maximum absolute atomic E-state index is 12.0. The van der Waals surface area contributed by atoms with Crippen LogP contribution in [0.25, 0.3) is 5.69 Å². The number of nitrogens with zero attached hydrogens (tertiary/aromatic N) is 2. The summed E-state index contributed by atoms with van der Waals surface area (Å²) < 4.78 is 1.32. The van der Waals surface area contributed by atoms with Crippen molar-refractivity contribution in [3.8, 4) is 11.4 Å². The van der Waals surface area contributed by atoms with Crippen molar-refractivity contribution < 1.29 is 5.11 Å². The van der Waals surface area contributed by atoms with E-state index in [9.17, 15) is 9.90 Å². The summed E-state index contributed by atoms with van der Waals surface area (Å²) in [5, 5.41) is 17.1. The van der Waals surface area contributed by atoms with E-state index in [4.69, 9.17) is 0 Å². The number of aromatic hydroxyl groups is 1. The quantitative estimate of drug-likeness (QED) is 0.889. The molecule has 0 unspecified atom stereocenters. The van der Waals surface area contributed by atoms with Crippen LogP contribution in [0.15, 0.2) is 29.1 Å². The Bertz CT molecular complexity index is 677. The van der Waals surface area contributed by atoms with E-state index in [1.54, 1.807) is 0 Å². The van der Waals surface area contributed by atoms with Gasteiger partial charge in [-0.1, -0.05) is 13.0 Å². The second-order valence-electron chi connectivity index (χ2n) is 4.78. The summed E-state index contributed by atoms with van der Waals surface area (Å²) in [7, 11) is 0. The summed E-state index contributed by atoms with van der Waals surface area (Å²) in [5.74, 6) is -0.0731. The van der Waals surface area contributed by atoms with Crippen LogP contribution < -0.4 is 10.9 Å². The van der Waals surface area contributed by atoms with E-state index in [0.29, 0.717) is 17.9 Å². The Balaban J connectivity index is 2.50. The van der Waals surface area contributed by atoms with Crippen LogP contribution in [0.2, 0.25) is 0 Å². The topological polar surface area (TPSA) is 67.2 Å². The molecule has 1 heterocycles. The number of nitrogens with one attached hydrogen (secondary N) is 1. The van der Waals surface area contributed by atoms with Gasteiger partial charge in [0.25, 0.3) is 5.56 Å². The van der Waals surface area contributed by atoms with Gasteiger partial charge in [0.15, 0.2) is 0 Å². The Morgan fingerprint density at radius 1 is 1.25 bits per heavy atom. The normalized spacial score (nSPS) is 10.8. The zero-order valence-corrected chi connectivity index (χ0v) is 12.0. The third-order valence-corrected chi connectivity index (χ3v) is 3.26. The zero-order valence-electron chi connectivity index (χ0n) is 12.0. The Morgan fingerprint density at radius 3 is 2.65 bits per heavy atom. The standard InChI is InChI=1S/C15H19N3O2/c1-4-16-9-13-14(19)8-15(20)18(17-13)12-6-5-10(2)11(3)7-12/h5-8,16,19H,4,9H2,1-3H3. The van der Waals surface area contributed by atoms with E-state index in [1.807, 2.05) is 39.0 Å². The highest BCUT2D eigenvalue weighted by molar-refractivity contribution is 5.39. The van der Waals surface area contributed by atoms with Crippen LogP contribution in [-0.4, -0.2) is 21.4 Å². The van der Waals surface area contributed by atoms with Crippen LogP contribution in [0, 0.1) is 13.8 Å². The number of hydrogen-bond acceptors (Lipinski definition) is 4. The maximum atomic E-state index is 12.0. The molecule has 5 heteroatoms. The molecule has 2 aromatic rings. The molecule has 0 amide bonds. The van der Waals surface area contributed by atoms with Crippen molar-refractivity contribution >= 4 is 0 Å². The average Bonchev–Trinajstić information content (AvgIpc) is 2.41. The van der Waals surface area contributed by atoms with Crippen molar-refractivity contribution in [1.82, 2.24) is 15.1 Å². The summed E-state index contributed by atoms with van der Waals surface area (Å²) in [6.07, 6.45) is 0. The fraction of sp³-hybridized carbons (Fsp3) is 0.333. The molecule has 2 rings (SSSR count). The lowest BCUT2D eigenvalue weighted by Gasteiger charge is -2.10. The number of aryl methyl sites for hydroxylation is 2. The highest BCUT2D eigenvalue weighted by atomic mass is 16.3. The fourth-order valence-corrected chi connectivity index (χ4v) is 1.89. The van der Waals surface area contributed by atoms with Crippen LogP contribution in [0.4, 0.5) is 0 Å². The van der Waals surface area contributed by atoms with Gasteiger partial charge in [-0.05, 0) is 43.7 Å². The van der Waals surface area contributed by atoms with E-state index >= 15 is 0 Å². The van der Waals surface area contributed by atoms with E-state index in [0.717, 1.165) is 17.7 Å². The zero-order chi connectivity index (χ0) is 14.7. The molecule has 0 atom stereocenters. The Labute approximate surface area is 117 Å². The van der Waals surface area contributed by atoms with E-state index in [-0.39, 0.29) is 11.3 Å². The SMILES string of the molecule is CCNCc1nn(-c2ccc(C)c(C)c2)c(=O)cc1O. The van der Waals surface area contributed by atoms with Crippen LogP contribution in [0.5, 0.6) is 5.75 Å². The van der Waals surface area contributed by atoms with Crippen molar-refractivity contribution in [1.29, 1.82) is 0 Å². The van der Waals surface area contributed by atoms with Gasteiger partial charge < -0.3 is 10.4 Å². The lowest BCUT2D eigenvalue weighted by atomic mass is 10.1. The highest BCUT2D eigenvalue weighted by Gasteiger charge is 2.09. The molecule has 0 saturated carbocycles. The summed E-state index contributed by atoms with van der Waals surface area (Å²) in [6, 6.07) is 6.92. The highest BCUT2D eigenvalue weighted by Crippen LogP contribution is 2.15. The van der Waals surface area contributed by atoms with Gasteiger partial charge in [-0.2, -0.15) is 9.78 Å². The van der Waals surface area contributed by atoms with Crippen molar-refractivity contribution in [2.24, 2.45) is 0 Å². The van der Waals surface area contributed by atoms with Crippen molar-refractivity contribution in [3.63, 3.8) is 0 Å². The van der Waals surface area contributed by atoms with E-state index in [1.165, 1.54) is 10.7 Å². The van der Waals surface area contributed by atoms with Crippen LogP contribution in [0.3, 0.4) is 0 Å². The van der Waals surface area contributed by atoms with E-state index < -0.39 is 0 Å². The first-order valence-corrected chi connectivity index (χ1v) is 6.63. The van der Waals surface area contributed by atoms with Gasteiger partial charge in [0, 0.05) is 12.6 Å². The molecule has 0 aliphatic heterocycles. The molecule has 5 nitrogen and oxygen atoms in total. The fourth-order valence-electron chi connectivity index (χ4n) is 1.89. The molecular weight excluding hydrogens is 254 g/mol. The number of aromatic nitrogens is 2. The van der Waals surface area contributed by atoms with Gasteiger partial charge in [-0.25, -0.2) is 0 Å². The maximum Gasteiger partial charge on any atom is 0.275 e. The smallest absolute Gasteiger partial charge is 0.275 e. The molecule has 1 aromatic carbocycles. The Kier molecular flexibility index (Phi) is 4.20. The van der Waals surface area contributed by atoms with Gasteiger partial charge in [-0.15, -0.1) is 0 Å². The molecule has 106 valence electrons. The van der Waals surface area contributed by atoms with Crippen LogP contribution >= 0.6 is 0 Å². The van der Waals surface area contributed by atoms with Crippen LogP contribution in [0.1, 0.15) is 23.7 Å². The second kappa shape index (κ2) is 5.88. The number of hydrogen-bond donors (Lipinski definition) is 2. The summed E-state index contributed by atoms with van der Waals surface area (Å²) in [5.41, 5.74) is 3.08. The summed E-state index contributed by atoms with van der Waals surface area (Å²) >= 11 is 0.